The highest BCUT2D eigenvalue weighted by Crippen LogP contribution is 2.65. The van der Waals surface area contributed by atoms with Crippen LogP contribution in [0.4, 0.5) is 51.6 Å². The van der Waals surface area contributed by atoms with E-state index in [-0.39, 0.29) is 36.6 Å². The highest BCUT2D eigenvalue weighted by molar-refractivity contribution is 6.09. The summed E-state index contributed by atoms with van der Waals surface area (Å²) in [6.07, 6.45) is 27.8. The van der Waals surface area contributed by atoms with Crippen LogP contribution in [0.5, 0.6) is 0 Å². The lowest BCUT2D eigenvalue weighted by Gasteiger charge is -2.52. The minimum Gasteiger partial charge on any atom is -0.454 e. The maximum absolute atomic E-state index is 6.26. The molecule has 0 N–H and O–H groups in total. The summed E-state index contributed by atoms with van der Waals surface area (Å²) in [5.41, 5.74) is 22.8. The fourth-order valence-corrected chi connectivity index (χ4v) is 25.9. The number of rotatable bonds is 5. The Morgan fingerprint density at radius 1 is 0.347 bits per heavy atom. The van der Waals surface area contributed by atoms with Gasteiger partial charge in [-0.05, 0) is 289 Å². The molecular weight excluding hydrogens is 1440 g/mol. The van der Waals surface area contributed by atoms with Crippen molar-refractivity contribution in [1.82, 2.24) is 15.0 Å². The van der Waals surface area contributed by atoms with Gasteiger partial charge in [0.05, 0.1) is 5.69 Å². The van der Waals surface area contributed by atoms with Gasteiger partial charge in [-0.15, -0.1) is 0 Å². The van der Waals surface area contributed by atoms with Gasteiger partial charge in [-0.2, -0.15) is 0 Å². The SMILES string of the molecule is C.C.CC1N(c2cccc3c2oc2ccccc23)C(C)(C)CC1(C)C.Cc1ccccc1N1c2ccccc2C2(CCC3CC(C)CC2C3)C1C.Cc1ccccc1N1c2ncccc2C(C)(C)C1C.Cc1ccccc1N1c2ncccc2C2(CCC3CC(C)CC2C3)C1C.Cc1ccccc1N1c2ncccc2C2(CCCCC2)C1C. The molecule has 3 spiro atoms. The number of anilines is 9. The number of aromatic nitrogens is 3. The molecule has 0 radical (unpaired) electrons. The van der Waals surface area contributed by atoms with E-state index in [0.717, 1.165) is 52.5 Å². The molecule has 9 heteroatoms. The molecule has 11 aromatic rings. The van der Waals surface area contributed by atoms with Crippen LogP contribution in [0.1, 0.15) is 252 Å². The van der Waals surface area contributed by atoms with Gasteiger partial charge >= 0.3 is 0 Å². The molecule has 5 saturated carbocycles. The Balaban J connectivity index is 0.000000115. The number of pyridine rings is 3. The van der Waals surface area contributed by atoms with Crippen LogP contribution >= 0.6 is 0 Å². The Bertz CT molecular complexity index is 5230. The average molecular weight is 1580 g/mol. The van der Waals surface area contributed by atoms with E-state index in [0.29, 0.717) is 41.0 Å². The summed E-state index contributed by atoms with van der Waals surface area (Å²) >= 11 is 0. The molecule has 6 fully saturated rings. The number of aryl methyl sites for hydroxylation is 4. The molecule has 21 rings (SSSR count). The number of hydrogen-bond acceptors (Lipinski definition) is 9. The van der Waals surface area contributed by atoms with Crippen LogP contribution in [0.15, 0.2) is 223 Å². The van der Waals surface area contributed by atoms with Crippen LogP contribution in [0.25, 0.3) is 21.9 Å². The third-order valence-corrected chi connectivity index (χ3v) is 31.7. The van der Waals surface area contributed by atoms with Crippen molar-refractivity contribution in [2.24, 2.45) is 40.9 Å². The molecule has 620 valence electrons. The van der Waals surface area contributed by atoms with E-state index in [9.17, 15) is 0 Å². The standard InChI is InChI=1S/C25H31N.C24H30N2.C21H25NO.C20H24N2.C17H20N2.2CH4/c1-17-14-20-12-13-25(21(15-17)16-20)19(3)26(23-10-6-4-8-18(23)2)24-11-7-5-9-22(24)25;1-16-13-19-10-11-24(20(14-16)15-19)18(3)26(22-9-5-4-7-17(22)2)23-21(24)8-6-12-25-23;1-14-20(2,3)13-21(4,5)22(14)17-11-8-10-16-15-9-6-7-12-18(15)23-19(16)17;1-15-9-4-5-11-18(15)22-16(2)20(12-6-3-7-13-20)17-10-8-14-21-19(17)22;1-12-8-5-6-10-15(12)19-13(2)17(3,4)14-9-7-11-18-16(14)19;;/h4-11,17,19-21H,12-16H2,1-3H3;4-9,12,16,18-20H,10-11,13-15H2,1-3H3;6-12,14H,13H2,1-5H3;4-5,8-11,14,16H,3,6-7,12-13H2,1-2H3;5-11,13H,1-4H3;2*1H4. The van der Waals surface area contributed by atoms with E-state index < -0.39 is 0 Å². The smallest absolute Gasteiger partial charge is 0.158 e. The van der Waals surface area contributed by atoms with Crippen molar-refractivity contribution in [2.45, 2.75) is 293 Å². The summed E-state index contributed by atoms with van der Waals surface area (Å²) in [6.45, 7) is 39.9. The summed E-state index contributed by atoms with van der Waals surface area (Å²) in [5, 5.41) is 2.42. The van der Waals surface area contributed by atoms with E-state index in [1.165, 1.54) is 198 Å². The third-order valence-electron chi connectivity index (χ3n) is 31.7. The second-order valence-electron chi connectivity index (χ2n) is 39.6. The second-order valence-corrected chi connectivity index (χ2v) is 39.6. The normalized spacial score (nSPS) is 27.7. The molecule has 9 nitrogen and oxygen atoms in total. The monoisotopic (exact) mass is 1580 g/mol. The number of furan rings is 1. The maximum Gasteiger partial charge on any atom is 0.158 e. The van der Waals surface area contributed by atoms with E-state index in [1.54, 1.807) is 5.56 Å². The molecule has 4 bridgehead atoms. The molecule has 5 aliphatic carbocycles. The number of fused-ring (bicyclic) bond motifs is 16. The molecule has 118 heavy (non-hydrogen) atoms. The van der Waals surface area contributed by atoms with Gasteiger partial charge in [0.1, 0.15) is 23.0 Å². The lowest BCUT2D eigenvalue weighted by molar-refractivity contribution is 0.0543. The van der Waals surface area contributed by atoms with Gasteiger partial charge in [-0.1, -0.05) is 215 Å². The zero-order chi connectivity index (χ0) is 81.0. The van der Waals surface area contributed by atoms with Gasteiger partial charge in [-0.3, -0.25) is 0 Å². The van der Waals surface area contributed by atoms with Crippen molar-refractivity contribution in [3.05, 3.63) is 263 Å². The van der Waals surface area contributed by atoms with Gasteiger partial charge in [0.2, 0.25) is 0 Å². The van der Waals surface area contributed by atoms with Crippen molar-refractivity contribution in [3.8, 4) is 0 Å². The predicted octanol–water partition coefficient (Wildman–Crippen LogP) is 29.2. The number of para-hydroxylation sites is 7. The molecule has 10 aliphatic rings. The highest BCUT2D eigenvalue weighted by Gasteiger charge is 2.60. The van der Waals surface area contributed by atoms with Gasteiger partial charge in [0.25, 0.3) is 0 Å². The van der Waals surface area contributed by atoms with Gasteiger partial charge in [0.15, 0.2) is 5.58 Å². The van der Waals surface area contributed by atoms with E-state index in [1.807, 2.05) is 30.7 Å². The Kier molecular flexibility index (Phi) is 23.3. The summed E-state index contributed by atoms with van der Waals surface area (Å²) < 4.78 is 6.26. The van der Waals surface area contributed by atoms with Gasteiger partial charge in [0, 0.05) is 132 Å². The van der Waals surface area contributed by atoms with Gasteiger partial charge < -0.3 is 28.9 Å². The summed E-state index contributed by atoms with van der Waals surface area (Å²) in [4.78, 5) is 27.0. The number of benzene rings is 7. The summed E-state index contributed by atoms with van der Waals surface area (Å²) in [5.74, 6) is 8.84. The van der Waals surface area contributed by atoms with E-state index in [4.69, 9.17) is 14.4 Å². The molecule has 0 amide bonds. The van der Waals surface area contributed by atoms with Gasteiger partial charge in [-0.25, -0.2) is 15.0 Å². The summed E-state index contributed by atoms with van der Waals surface area (Å²) in [6, 6.07) is 74.8. The van der Waals surface area contributed by atoms with Crippen LogP contribution in [0.3, 0.4) is 0 Å². The molecule has 7 aromatic carbocycles. The third kappa shape index (κ3) is 14.0. The van der Waals surface area contributed by atoms with E-state index in [2.05, 4.69) is 335 Å². The molecule has 4 aromatic heterocycles. The van der Waals surface area contributed by atoms with E-state index >= 15 is 0 Å². The van der Waals surface area contributed by atoms with Crippen LogP contribution in [0, 0.1) is 68.6 Å². The minimum absolute atomic E-state index is 0. The summed E-state index contributed by atoms with van der Waals surface area (Å²) in [7, 11) is 0. The van der Waals surface area contributed by atoms with Crippen LogP contribution < -0.4 is 24.5 Å². The molecule has 1 saturated heterocycles. The lowest BCUT2D eigenvalue weighted by Crippen LogP contribution is -2.51. The van der Waals surface area contributed by atoms with Crippen molar-refractivity contribution < 1.29 is 4.42 Å². The van der Waals surface area contributed by atoms with Crippen LogP contribution in [-0.2, 0) is 21.7 Å². The van der Waals surface area contributed by atoms with Crippen molar-refractivity contribution in [2.75, 3.05) is 24.5 Å². The second kappa shape index (κ2) is 32.7. The van der Waals surface area contributed by atoms with Crippen LogP contribution in [0.2, 0.25) is 0 Å². The molecule has 9 heterocycles. The average Bonchev–Trinajstić information content (AvgIpc) is 1.57. The first kappa shape index (κ1) is 83.8. The van der Waals surface area contributed by atoms with Crippen molar-refractivity contribution in [1.29, 1.82) is 0 Å². The zero-order valence-electron chi connectivity index (χ0n) is 72.9. The lowest BCUT2D eigenvalue weighted by atomic mass is 9.53. The Morgan fingerprint density at radius 2 is 0.754 bits per heavy atom. The molecular formula is C109H138N8O. The topological polar surface area (TPSA) is 68.0 Å². The quantitative estimate of drug-likeness (QED) is 0.168. The highest BCUT2D eigenvalue weighted by atomic mass is 16.3. The minimum atomic E-state index is 0. The first-order valence-corrected chi connectivity index (χ1v) is 44.9. The Hall–Kier alpha value is -9.21. The maximum atomic E-state index is 6.26. The first-order valence-electron chi connectivity index (χ1n) is 44.9. The Morgan fingerprint density at radius 3 is 1.28 bits per heavy atom. The predicted molar refractivity (Wildman–Crippen MR) is 501 cm³/mol. The zero-order valence-corrected chi connectivity index (χ0v) is 72.9. The van der Waals surface area contributed by atoms with Crippen LogP contribution in [-0.4, -0.2) is 50.7 Å². The fraction of sp³-hybridized carbons (Fsp3) is 0.477. The molecule has 5 aliphatic heterocycles. The fourth-order valence-electron chi connectivity index (χ4n) is 25.9. The largest absolute Gasteiger partial charge is 0.454 e. The van der Waals surface area contributed by atoms with Crippen molar-refractivity contribution in [3.63, 3.8) is 0 Å². The number of hydrogen-bond donors (Lipinski definition) is 0. The Labute approximate surface area is 709 Å². The van der Waals surface area contributed by atoms with Crippen molar-refractivity contribution >= 4 is 73.5 Å². The molecule has 13 unspecified atom stereocenters. The first-order chi connectivity index (χ1) is 55.8. The molecule has 13 atom stereocenters. The number of nitrogens with zero attached hydrogens (tertiary/aromatic N) is 8.